The molecule has 5 rings (SSSR count). The number of fused-ring (bicyclic) bond motifs is 3. The molecule has 6 N–H and O–H groups in total. The van der Waals surface area contributed by atoms with E-state index in [4.69, 9.17) is 10.5 Å². The van der Waals surface area contributed by atoms with Crippen molar-refractivity contribution < 1.29 is 44.3 Å². The maximum Gasteiger partial charge on any atom is 0.293 e. The summed E-state index contributed by atoms with van der Waals surface area (Å²) in [6, 6.07) is 4.66. The summed E-state index contributed by atoms with van der Waals surface area (Å²) in [4.78, 5) is 50.2. The second-order valence-electron chi connectivity index (χ2n) is 9.99. The van der Waals surface area contributed by atoms with Crippen LogP contribution >= 0.6 is 11.8 Å². The number of benzene rings is 1. The van der Waals surface area contributed by atoms with Crippen LogP contribution in [-0.2, 0) is 23.9 Å². The summed E-state index contributed by atoms with van der Waals surface area (Å²) < 4.78 is 5.41. The molecule has 0 unspecified atom stereocenters. The van der Waals surface area contributed by atoms with E-state index in [0.717, 1.165) is 25.7 Å². The normalized spacial score (nSPS) is 31.6. The van der Waals surface area contributed by atoms with E-state index in [-0.39, 0.29) is 23.4 Å². The minimum atomic E-state index is -2.85. The van der Waals surface area contributed by atoms with Gasteiger partial charge in [0.05, 0.1) is 5.56 Å². The highest BCUT2D eigenvalue weighted by Gasteiger charge is 2.66. The Balaban J connectivity index is 1.72. The van der Waals surface area contributed by atoms with Crippen LogP contribution < -0.4 is 5.73 Å². The molecule has 0 spiro atoms. The third-order valence-corrected chi connectivity index (χ3v) is 9.66. The van der Waals surface area contributed by atoms with Crippen molar-refractivity contribution in [2.24, 2.45) is 17.6 Å². The molecule has 4 aliphatic rings. The summed E-state index contributed by atoms with van der Waals surface area (Å²) in [5.74, 6) is -8.02. The number of phenols is 1. The average Bonchev–Trinajstić information content (AvgIpc) is 3.36. The van der Waals surface area contributed by atoms with Crippen molar-refractivity contribution in [2.45, 2.75) is 55.0 Å². The van der Waals surface area contributed by atoms with E-state index in [9.17, 15) is 39.6 Å². The summed E-state index contributed by atoms with van der Waals surface area (Å²) in [5, 5.41) is 44.8. The number of hydrogen-bond acceptors (Lipinski definition) is 10. The van der Waals surface area contributed by atoms with Gasteiger partial charge in [0.25, 0.3) is 12.4 Å². The van der Waals surface area contributed by atoms with Gasteiger partial charge in [0.2, 0.25) is 5.78 Å². The van der Waals surface area contributed by atoms with Gasteiger partial charge in [-0.3, -0.25) is 19.2 Å². The maximum absolute atomic E-state index is 13.9. The Morgan fingerprint density at radius 3 is 2.54 bits per heavy atom. The molecule has 0 bridgehead atoms. The lowest BCUT2D eigenvalue weighted by molar-refractivity contribution is -0.171. The minimum Gasteiger partial charge on any atom is -0.508 e. The first kappa shape index (κ1) is 25.3. The van der Waals surface area contributed by atoms with Crippen LogP contribution in [0.2, 0.25) is 0 Å². The van der Waals surface area contributed by atoms with Crippen molar-refractivity contribution in [2.75, 3.05) is 5.75 Å². The monoisotopic (exact) mass is 529 g/mol. The second-order valence-corrected chi connectivity index (χ2v) is 11.3. The van der Waals surface area contributed by atoms with Crippen LogP contribution in [0.5, 0.6) is 5.75 Å². The number of aliphatic hydroxyl groups excluding tert-OH is 2. The SMILES string of the molecule is NC(=O)C1=C(O)[C@@]2(O)C(=O)C3=C(O)c4c(O)cccc4[C@H](CSC4CCCC4)[C@H]3[C@H](OC=O)[C@H]2CC1=O. The zero-order valence-corrected chi connectivity index (χ0v) is 20.6. The number of Topliss-reactive ketones (excluding diaryl/α,β-unsaturated/α-hetero) is 2. The van der Waals surface area contributed by atoms with Gasteiger partial charge in [0, 0.05) is 40.8 Å². The van der Waals surface area contributed by atoms with E-state index in [0.29, 0.717) is 16.6 Å². The van der Waals surface area contributed by atoms with Crippen molar-refractivity contribution in [3.8, 4) is 5.75 Å². The number of thioether (sulfide) groups is 1. The molecule has 2 saturated carbocycles. The van der Waals surface area contributed by atoms with Gasteiger partial charge in [-0.1, -0.05) is 25.0 Å². The van der Waals surface area contributed by atoms with Crippen LogP contribution in [0.1, 0.15) is 49.1 Å². The molecule has 196 valence electrons. The Kier molecular flexibility index (Phi) is 6.31. The first-order valence-corrected chi connectivity index (χ1v) is 13.2. The predicted octanol–water partition coefficient (Wildman–Crippen LogP) is 1.79. The molecule has 1 aromatic carbocycles. The molecule has 10 nitrogen and oxygen atoms in total. The summed E-state index contributed by atoms with van der Waals surface area (Å²) in [6.07, 6.45) is 2.36. The first-order valence-electron chi connectivity index (χ1n) is 12.1. The molecule has 11 heteroatoms. The first-order chi connectivity index (χ1) is 17.6. The number of ketones is 2. The fourth-order valence-electron chi connectivity index (χ4n) is 6.48. The van der Waals surface area contributed by atoms with Crippen LogP contribution in [0.15, 0.2) is 35.1 Å². The highest BCUT2D eigenvalue weighted by molar-refractivity contribution is 7.99. The number of hydrogen-bond donors (Lipinski definition) is 5. The molecular weight excluding hydrogens is 502 g/mol. The van der Waals surface area contributed by atoms with Gasteiger partial charge in [-0.2, -0.15) is 11.8 Å². The lowest BCUT2D eigenvalue weighted by Crippen LogP contribution is -2.64. The Labute approximate surface area is 216 Å². The number of nitrogens with two attached hydrogens (primary N) is 1. The number of primary amides is 1. The average molecular weight is 530 g/mol. The fourth-order valence-corrected chi connectivity index (χ4v) is 8.02. The standard InChI is InChI=1S/C26H27NO9S/c27-25(34)19-16(30)8-14-22(36-10-28)18-13(9-37-11-4-1-2-5-11)12-6-3-7-15(29)17(12)21(31)20(18)24(33)26(14,35)23(19)32/h3,6-7,10-11,13-14,18,22,29,31-32,35H,1-2,4-5,8-9H2,(H2,27,34)/t13-,14+,18+,22+,26+/m0/s1. The van der Waals surface area contributed by atoms with Crippen LogP contribution in [0.25, 0.3) is 5.76 Å². The maximum atomic E-state index is 13.9. The number of amides is 1. The molecule has 4 aliphatic carbocycles. The number of carbonyl (C=O) groups is 4. The second kappa shape index (κ2) is 9.21. The van der Waals surface area contributed by atoms with Crippen molar-refractivity contribution in [3.63, 3.8) is 0 Å². The number of aromatic hydroxyl groups is 1. The van der Waals surface area contributed by atoms with Crippen LogP contribution in [0.3, 0.4) is 0 Å². The lowest BCUT2D eigenvalue weighted by atomic mass is 9.55. The molecule has 0 aromatic heterocycles. The molecule has 0 radical (unpaired) electrons. The van der Waals surface area contributed by atoms with Gasteiger partial charge in [0.1, 0.15) is 28.9 Å². The number of rotatable bonds is 6. The highest BCUT2D eigenvalue weighted by Crippen LogP contribution is 2.57. The third-order valence-electron chi connectivity index (χ3n) is 8.17. The Morgan fingerprint density at radius 1 is 1.19 bits per heavy atom. The van der Waals surface area contributed by atoms with Crippen LogP contribution in [0, 0.1) is 11.8 Å². The zero-order chi connectivity index (χ0) is 26.6. The zero-order valence-electron chi connectivity index (χ0n) is 19.8. The summed E-state index contributed by atoms with van der Waals surface area (Å²) in [7, 11) is 0. The number of ether oxygens (including phenoxy) is 1. The van der Waals surface area contributed by atoms with Crippen molar-refractivity contribution in [3.05, 3.63) is 46.2 Å². The Hall–Kier alpha value is -3.31. The molecule has 1 aromatic rings. The van der Waals surface area contributed by atoms with E-state index in [1.165, 1.54) is 6.07 Å². The van der Waals surface area contributed by atoms with E-state index in [1.54, 1.807) is 23.9 Å². The Bertz CT molecular complexity index is 1260. The van der Waals surface area contributed by atoms with Gasteiger partial charge in [0.15, 0.2) is 11.4 Å². The largest absolute Gasteiger partial charge is 0.508 e. The van der Waals surface area contributed by atoms with Crippen molar-refractivity contribution in [1.82, 2.24) is 0 Å². The summed E-state index contributed by atoms with van der Waals surface area (Å²) >= 11 is 1.68. The van der Waals surface area contributed by atoms with Crippen molar-refractivity contribution >= 4 is 41.5 Å². The molecule has 0 saturated heterocycles. The van der Waals surface area contributed by atoms with E-state index < -0.39 is 70.4 Å². The van der Waals surface area contributed by atoms with Crippen LogP contribution in [-0.4, -0.2) is 67.1 Å². The van der Waals surface area contributed by atoms with Gasteiger partial charge < -0.3 is 30.9 Å². The molecule has 5 atom stereocenters. The third kappa shape index (κ3) is 3.66. The quantitative estimate of drug-likeness (QED) is 0.269. The van der Waals surface area contributed by atoms with E-state index >= 15 is 0 Å². The molecular formula is C26H27NO9S. The van der Waals surface area contributed by atoms with Gasteiger partial charge in [-0.05, 0) is 24.5 Å². The highest BCUT2D eigenvalue weighted by atomic mass is 32.2. The van der Waals surface area contributed by atoms with Gasteiger partial charge >= 0.3 is 0 Å². The van der Waals surface area contributed by atoms with E-state index in [1.807, 2.05) is 0 Å². The molecule has 0 aliphatic heterocycles. The van der Waals surface area contributed by atoms with Gasteiger partial charge in [-0.15, -0.1) is 0 Å². The summed E-state index contributed by atoms with van der Waals surface area (Å²) in [6.45, 7) is 0.129. The van der Waals surface area contributed by atoms with E-state index in [2.05, 4.69) is 0 Å². The molecule has 2 fully saturated rings. The van der Waals surface area contributed by atoms with Crippen molar-refractivity contribution in [1.29, 1.82) is 0 Å². The number of aliphatic hydroxyl groups is 3. The molecule has 0 heterocycles. The number of carbonyl (C=O) groups excluding carboxylic acids is 4. The lowest BCUT2D eigenvalue weighted by Gasteiger charge is -2.51. The number of phenolic OH excluding ortho intramolecular Hbond substituents is 1. The Morgan fingerprint density at radius 2 is 1.89 bits per heavy atom. The topological polar surface area (TPSA) is 184 Å². The fraction of sp³-hybridized carbons (Fsp3) is 0.462. The predicted molar refractivity (Wildman–Crippen MR) is 131 cm³/mol. The van der Waals surface area contributed by atoms with Gasteiger partial charge in [-0.25, -0.2) is 0 Å². The summed E-state index contributed by atoms with van der Waals surface area (Å²) in [5.41, 5.74) is 1.68. The smallest absolute Gasteiger partial charge is 0.293 e. The van der Waals surface area contributed by atoms with Crippen LogP contribution in [0.4, 0.5) is 0 Å². The minimum absolute atomic E-state index is 0.0107. The molecule has 37 heavy (non-hydrogen) atoms. The molecule has 1 amide bonds.